The van der Waals surface area contributed by atoms with E-state index in [9.17, 15) is 9.90 Å². The summed E-state index contributed by atoms with van der Waals surface area (Å²) >= 11 is 0. The Morgan fingerprint density at radius 1 is 1.23 bits per heavy atom. The number of ether oxygens (including phenoxy) is 1. The first-order valence-electron chi connectivity index (χ1n) is 12.5. The van der Waals surface area contributed by atoms with Gasteiger partial charge < -0.3 is 9.84 Å². The standard InChI is InChI=1S/C27H40O3/c1-15(2)16(3)6-7-17(4)20-8-9-21-24-22(12-18-14-27(18,20)21)26(5)11-10-19(28)13-23(26)25(29)30-24/h15,17-21,23,28H,3,6-14H2,1-2,4-5H3. The second-order valence-corrected chi connectivity index (χ2v) is 11.9. The molecule has 8 atom stereocenters. The Hall–Kier alpha value is -1.09. The van der Waals surface area contributed by atoms with Crippen LogP contribution in [-0.4, -0.2) is 17.2 Å². The van der Waals surface area contributed by atoms with Crippen LogP contribution in [0.3, 0.4) is 0 Å². The van der Waals surface area contributed by atoms with Crippen LogP contribution in [0.5, 0.6) is 0 Å². The van der Waals surface area contributed by atoms with E-state index in [0.717, 1.165) is 43.3 Å². The third-order valence-corrected chi connectivity index (χ3v) is 10.3. The quantitative estimate of drug-likeness (QED) is 0.443. The fourth-order valence-electron chi connectivity index (χ4n) is 8.14. The monoisotopic (exact) mass is 412 g/mol. The molecule has 0 radical (unpaired) electrons. The molecular weight excluding hydrogens is 372 g/mol. The molecule has 3 nitrogen and oxygen atoms in total. The molecule has 0 aromatic heterocycles. The fourth-order valence-corrected chi connectivity index (χ4v) is 8.14. The Bertz CT molecular complexity index is 794. The van der Waals surface area contributed by atoms with Gasteiger partial charge in [-0.1, -0.05) is 39.8 Å². The molecule has 3 saturated carbocycles. The molecular formula is C27H40O3. The van der Waals surface area contributed by atoms with Crippen molar-refractivity contribution in [1.82, 2.24) is 0 Å². The molecule has 5 aliphatic rings. The lowest BCUT2D eigenvalue weighted by molar-refractivity contribution is -0.158. The topological polar surface area (TPSA) is 46.5 Å². The molecule has 0 amide bonds. The third-order valence-electron chi connectivity index (χ3n) is 10.3. The van der Waals surface area contributed by atoms with Crippen molar-refractivity contribution in [3.63, 3.8) is 0 Å². The molecule has 3 fully saturated rings. The van der Waals surface area contributed by atoms with Crippen molar-refractivity contribution in [2.75, 3.05) is 0 Å². The molecule has 0 bridgehead atoms. The lowest BCUT2D eigenvalue weighted by atomic mass is 9.57. The molecule has 3 heteroatoms. The van der Waals surface area contributed by atoms with Crippen LogP contribution in [0.2, 0.25) is 0 Å². The fraction of sp³-hybridized carbons (Fsp3) is 0.815. The predicted molar refractivity (Wildman–Crippen MR) is 118 cm³/mol. The number of carbonyl (C=O) groups is 1. The zero-order chi connectivity index (χ0) is 21.4. The average molecular weight is 413 g/mol. The molecule has 1 spiro atoms. The smallest absolute Gasteiger partial charge is 0.315 e. The van der Waals surface area contributed by atoms with Crippen LogP contribution < -0.4 is 0 Å². The minimum absolute atomic E-state index is 0.0611. The Morgan fingerprint density at radius 3 is 2.73 bits per heavy atom. The third kappa shape index (κ3) is 2.83. The molecule has 30 heavy (non-hydrogen) atoms. The largest absolute Gasteiger partial charge is 0.431 e. The molecule has 166 valence electrons. The van der Waals surface area contributed by atoms with E-state index in [0.29, 0.717) is 29.6 Å². The van der Waals surface area contributed by atoms with Crippen LogP contribution in [0.15, 0.2) is 23.5 Å². The number of hydrogen-bond acceptors (Lipinski definition) is 3. The van der Waals surface area contributed by atoms with Gasteiger partial charge in [-0.2, -0.15) is 0 Å². The van der Waals surface area contributed by atoms with Crippen LogP contribution in [0.25, 0.3) is 0 Å². The zero-order valence-electron chi connectivity index (χ0n) is 19.4. The highest BCUT2D eigenvalue weighted by molar-refractivity contribution is 5.77. The number of aliphatic hydroxyl groups is 1. The van der Waals surface area contributed by atoms with Gasteiger partial charge in [0.15, 0.2) is 0 Å². The van der Waals surface area contributed by atoms with Crippen molar-refractivity contribution in [2.24, 2.45) is 46.3 Å². The molecule has 1 N–H and O–H groups in total. The number of hydrogen-bond donors (Lipinski definition) is 1. The van der Waals surface area contributed by atoms with Crippen molar-refractivity contribution < 1.29 is 14.6 Å². The number of aliphatic hydroxyl groups excluding tert-OH is 1. The first kappa shape index (κ1) is 20.8. The van der Waals surface area contributed by atoms with Crippen molar-refractivity contribution in [3.05, 3.63) is 23.5 Å². The van der Waals surface area contributed by atoms with E-state index in [4.69, 9.17) is 4.74 Å². The number of carbonyl (C=O) groups excluding carboxylic acids is 1. The summed E-state index contributed by atoms with van der Waals surface area (Å²) in [6, 6.07) is 0. The van der Waals surface area contributed by atoms with Crippen LogP contribution in [0, 0.1) is 46.3 Å². The van der Waals surface area contributed by atoms with Gasteiger partial charge >= 0.3 is 5.97 Å². The second kappa shape index (κ2) is 6.95. The summed E-state index contributed by atoms with van der Waals surface area (Å²) in [4.78, 5) is 13.0. The SMILES string of the molecule is C=C(CCC(C)C1CCC2C3=C(CC4CC421)C1(C)CCC(O)CC1C(=O)O3)C(C)C. The maximum Gasteiger partial charge on any atom is 0.315 e. The molecule has 0 saturated heterocycles. The van der Waals surface area contributed by atoms with Crippen molar-refractivity contribution in [3.8, 4) is 0 Å². The number of esters is 1. The summed E-state index contributed by atoms with van der Waals surface area (Å²) in [5, 5.41) is 10.2. The van der Waals surface area contributed by atoms with Gasteiger partial charge in [-0.05, 0) is 92.4 Å². The normalized spacial score (nSPS) is 45.3. The Balaban J connectivity index is 1.39. The summed E-state index contributed by atoms with van der Waals surface area (Å²) in [7, 11) is 0. The summed E-state index contributed by atoms with van der Waals surface area (Å²) in [6.07, 6.45) is 9.28. The van der Waals surface area contributed by atoms with Gasteiger partial charge in [-0.15, -0.1) is 0 Å². The molecule has 1 heterocycles. The van der Waals surface area contributed by atoms with E-state index in [1.807, 2.05) is 0 Å². The Kier molecular flexibility index (Phi) is 4.82. The summed E-state index contributed by atoms with van der Waals surface area (Å²) in [6.45, 7) is 13.5. The van der Waals surface area contributed by atoms with E-state index in [-0.39, 0.29) is 23.4 Å². The Labute approximate surface area is 182 Å². The number of allylic oxidation sites excluding steroid dienone is 3. The number of fused-ring (bicyclic) bond motifs is 3. The summed E-state index contributed by atoms with van der Waals surface area (Å²) in [5.41, 5.74) is 3.16. The van der Waals surface area contributed by atoms with E-state index < -0.39 is 0 Å². The highest BCUT2D eigenvalue weighted by Crippen LogP contribution is 2.77. The number of rotatable bonds is 5. The van der Waals surface area contributed by atoms with Crippen molar-refractivity contribution in [1.29, 1.82) is 0 Å². The summed E-state index contributed by atoms with van der Waals surface area (Å²) in [5.74, 6) is 4.17. The Morgan fingerprint density at radius 2 is 2.00 bits per heavy atom. The van der Waals surface area contributed by atoms with Crippen LogP contribution in [0.4, 0.5) is 0 Å². The second-order valence-electron chi connectivity index (χ2n) is 11.9. The first-order valence-corrected chi connectivity index (χ1v) is 12.5. The van der Waals surface area contributed by atoms with Crippen LogP contribution >= 0.6 is 0 Å². The lowest BCUT2D eigenvalue weighted by Gasteiger charge is -2.50. The van der Waals surface area contributed by atoms with E-state index in [1.165, 1.54) is 36.8 Å². The predicted octanol–water partition coefficient (Wildman–Crippen LogP) is 6.03. The van der Waals surface area contributed by atoms with Gasteiger partial charge in [0, 0.05) is 11.3 Å². The van der Waals surface area contributed by atoms with Gasteiger partial charge in [0.2, 0.25) is 0 Å². The molecule has 1 aliphatic heterocycles. The average Bonchev–Trinajstić information content (AvgIpc) is 3.29. The molecule has 0 aromatic rings. The van der Waals surface area contributed by atoms with Gasteiger partial charge in [-0.3, -0.25) is 4.79 Å². The van der Waals surface area contributed by atoms with Gasteiger partial charge in [-0.25, -0.2) is 0 Å². The highest BCUT2D eigenvalue weighted by atomic mass is 16.5. The zero-order valence-corrected chi connectivity index (χ0v) is 19.4. The molecule has 8 unspecified atom stereocenters. The van der Waals surface area contributed by atoms with Gasteiger partial charge in [0.05, 0.1) is 12.0 Å². The lowest BCUT2D eigenvalue weighted by Crippen LogP contribution is -2.48. The first-order chi connectivity index (χ1) is 14.2. The minimum Gasteiger partial charge on any atom is -0.431 e. The van der Waals surface area contributed by atoms with E-state index in [1.54, 1.807) is 0 Å². The van der Waals surface area contributed by atoms with Crippen LogP contribution in [-0.2, 0) is 9.53 Å². The maximum atomic E-state index is 13.0. The highest BCUT2D eigenvalue weighted by Gasteiger charge is 2.71. The van der Waals surface area contributed by atoms with Crippen molar-refractivity contribution >= 4 is 5.97 Å². The minimum atomic E-state index is -0.348. The molecule has 0 aromatic carbocycles. The summed E-state index contributed by atoms with van der Waals surface area (Å²) < 4.78 is 6.15. The van der Waals surface area contributed by atoms with E-state index in [2.05, 4.69) is 34.3 Å². The van der Waals surface area contributed by atoms with Gasteiger partial charge in [0.1, 0.15) is 5.76 Å². The molecule has 4 aliphatic carbocycles. The van der Waals surface area contributed by atoms with Gasteiger partial charge in [0.25, 0.3) is 0 Å². The van der Waals surface area contributed by atoms with Crippen LogP contribution in [0.1, 0.15) is 85.5 Å². The maximum absolute atomic E-state index is 13.0. The van der Waals surface area contributed by atoms with Crippen molar-refractivity contribution in [2.45, 2.75) is 91.6 Å². The van der Waals surface area contributed by atoms with E-state index >= 15 is 0 Å². The molecule has 5 rings (SSSR count).